The van der Waals surface area contributed by atoms with Gasteiger partial charge in [0.25, 0.3) is 0 Å². The van der Waals surface area contributed by atoms with Gasteiger partial charge in [0, 0.05) is 10.2 Å². The standard InChI is InChI=1S/C14H15BrN2O2/c1-14(2)10-11(14)13(19)17(12(10)18)6-7-3-8(15)5-9(16)4-7/h3-5,10-11H,6,16H2,1-2H3. The van der Waals surface area contributed by atoms with E-state index in [2.05, 4.69) is 15.9 Å². The molecule has 1 saturated carbocycles. The minimum Gasteiger partial charge on any atom is -0.399 e. The maximum atomic E-state index is 12.2. The normalized spacial score (nSPS) is 27.6. The predicted octanol–water partition coefficient (Wildman–Crippen LogP) is 2.17. The van der Waals surface area contributed by atoms with Crippen molar-refractivity contribution in [3.8, 4) is 0 Å². The van der Waals surface area contributed by atoms with Crippen LogP contribution in [0.25, 0.3) is 0 Å². The lowest BCUT2D eigenvalue weighted by Crippen LogP contribution is -2.35. The van der Waals surface area contributed by atoms with Gasteiger partial charge < -0.3 is 5.73 Å². The Morgan fingerprint density at radius 3 is 2.32 bits per heavy atom. The second-order valence-corrected chi connectivity index (χ2v) is 6.85. The van der Waals surface area contributed by atoms with Gasteiger partial charge in [0.2, 0.25) is 11.8 Å². The number of halogens is 1. The maximum Gasteiger partial charge on any atom is 0.233 e. The van der Waals surface area contributed by atoms with Crippen LogP contribution in [0.3, 0.4) is 0 Å². The molecule has 2 atom stereocenters. The third kappa shape index (κ3) is 1.79. The van der Waals surface area contributed by atoms with E-state index >= 15 is 0 Å². The highest BCUT2D eigenvalue weighted by Gasteiger charge is 2.72. The first-order valence-electron chi connectivity index (χ1n) is 6.22. The molecule has 2 amide bonds. The van der Waals surface area contributed by atoms with Crippen LogP contribution in [0, 0.1) is 17.3 Å². The molecule has 0 bridgehead atoms. The maximum absolute atomic E-state index is 12.2. The minimum atomic E-state index is -0.152. The van der Waals surface area contributed by atoms with Gasteiger partial charge >= 0.3 is 0 Å². The summed E-state index contributed by atoms with van der Waals surface area (Å²) in [5.74, 6) is -0.328. The van der Waals surface area contributed by atoms with E-state index in [0.717, 1.165) is 10.0 Å². The van der Waals surface area contributed by atoms with Crippen LogP contribution in [0.5, 0.6) is 0 Å². The fraction of sp³-hybridized carbons (Fsp3) is 0.429. The van der Waals surface area contributed by atoms with Crippen molar-refractivity contribution in [2.45, 2.75) is 20.4 Å². The van der Waals surface area contributed by atoms with Gasteiger partial charge in [-0.3, -0.25) is 14.5 Å². The topological polar surface area (TPSA) is 63.4 Å². The second kappa shape index (κ2) is 3.82. The van der Waals surface area contributed by atoms with Crippen LogP contribution in [0.15, 0.2) is 22.7 Å². The number of hydrogen-bond acceptors (Lipinski definition) is 3. The molecule has 2 fully saturated rings. The molecule has 100 valence electrons. The quantitative estimate of drug-likeness (QED) is 0.670. The Morgan fingerprint density at radius 2 is 1.79 bits per heavy atom. The number of benzene rings is 1. The van der Waals surface area contributed by atoms with Crippen LogP contribution < -0.4 is 5.73 Å². The molecular formula is C14H15BrN2O2. The molecule has 1 saturated heterocycles. The van der Waals surface area contributed by atoms with E-state index in [1.54, 1.807) is 12.1 Å². The van der Waals surface area contributed by atoms with Crippen molar-refractivity contribution in [2.24, 2.45) is 17.3 Å². The highest BCUT2D eigenvalue weighted by atomic mass is 79.9. The van der Waals surface area contributed by atoms with E-state index in [4.69, 9.17) is 5.73 Å². The lowest BCUT2D eigenvalue weighted by atomic mass is 10.1. The summed E-state index contributed by atoms with van der Waals surface area (Å²) in [5, 5.41) is 0. The first-order valence-corrected chi connectivity index (χ1v) is 7.02. The summed E-state index contributed by atoms with van der Waals surface area (Å²) in [7, 11) is 0. The van der Waals surface area contributed by atoms with Crippen molar-refractivity contribution in [1.82, 2.24) is 4.90 Å². The van der Waals surface area contributed by atoms with E-state index in [1.807, 2.05) is 19.9 Å². The molecule has 19 heavy (non-hydrogen) atoms. The van der Waals surface area contributed by atoms with Gasteiger partial charge in [0.1, 0.15) is 0 Å². The fourth-order valence-corrected chi connectivity index (χ4v) is 3.67. The molecule has 3 rings (SSSR count). The highest BCUT2D eigenvalue weighted by molar-refractivity contribution is 9.10. The summed E-state index contributed by atoms with van der Waals surface area (Å²) in [6.07, 6.45) is 0. The Balaban J connectivity index is 1.82. The smallest absolute Gasteiger partial charge is 0.233 e. The lowest BCUT2D eigenvalue weighted by molar-refractivity contribution is -0.143. The molecule has 0 spiro atoms. The third-order valence-corrected chi connectivity index (χ3v) is 4.67. The van der Waals surface area contributed by atoms with E-state index in [9.17, 15) is 9.59 Å². The zero-order chi connectivity index (χ0) is 13.9. The molecule has 1 aliphatic heterocycles. The average Bonchev–Trinajstić information content (AvgIpc) is 2.75. The summed E-state index contributed by atoms with van der Waals surface area (Å²) < 4.78 is 0.854. The van der Waals surface area contributed by atoms with Crippen molar-refractivity contribution in [3.05, 3.63) is 28.2 Å². The number of nitrogen functional groups attached to an aromatic ring is 1. The number of amides is 2. The third-order valence-electron chi connectivity index (χ3n) is 4.21. The van der Waals surface area contributed by atoms with Crippen LogP contribution in [0.1, 0.15) is 19.4 Å². The first kappa shape index (κ1) is 12.7. The Hall–Kier alpha value is -1.36. The van der Waals surface area contributed by atoms with Crippen LogP contribution in [-0.2, 0) is 16.1 Å². The summed E-state index contributed by atoms with van der Waals surface area (Å²) in [6.45, 7) is 4.27. The average molecular weight is 323 g/mol. The summed E-state index contributed by atoms with van der Waals surface area (Å²) in [4.78, 5) is 25.8. The summed E-state index contributed by atoms with van der Waals surface area (Å²) in [6, 6.07) is 5.46. The van der Waals surface area contributed by atoms with Crippen LogP contribution in [0.2, 0.25) is 0 Å². The van der Waals surface area contributed by atoms with Gasteiger partial charge in [0.05, 0.1) is 18.4 Å². The zero-order valence-electron chi connectivity index (χ0n) is 10.8. The van der Waals surface area contributed by atoms with Gasteiger partial charge in [-0.1, -0.05) is 29.8 Å². The van der Waals surface area contributed by atoms with E-state index in [-0.39, 0.29) is 29.1 Å². The Kier molecular flexibility index (Phi) is 2.55. The molecule has 2 aliphatic rings. The number of likely N-dealkylation sites (tertiary alicyclic amines) is 1. The van der Waals surface area contributed by atoms with Crippen LogP contribution in [-0.4, -0.2) is 16.7 Å². The number of rotatable bonds is 2. The molecule has 1 aromatic carbocycles. The number of hydrogen-bond donors (Lipinski definition) is 1. The van der Waals surface area contributed by atoms with Crippen molar-refractivity contribution in [2.75, 3.05) is 5.73 Å². The molecule has 1 aromatic rings. The largest absolute Gasteiger partial charge is 0.399 e. The highest BCUT2D eigenvalue weighted by Crippen LogP contribution is 2.63. The molecule has 1 aliphatic carbocycles. The first-order chi connectivity index (χ1) is 8.82. The molecule has 2 unspecified atom stereocenters. The number of nitrogens with two attached hydrogens (primary N) is 1. The number of carbonyl (C=O) groups is 2. The van der Waals surface area contributed by atoms with Crippen molar-refractivity contribution in [1.29, 1.82) is 0 Å². The minimum absolute atomic E-state index is 0.0430. The lowest BCUT2D eigenvalue weighted by Gasteiger charge is -2.20. The number of nitrogens with zero attached hydrogens (tertiary/aromatic N) is 1. The monoisotopic (exact) mass is 322 g/mol. The molecule has 1 heterocycles. The number of anilines is 1. The Bertz CT molecular complexity index is 553. The number of carbonyl (C=O) groups excluding carboxylic acids is 2. The second-order valence-electron chi connectivity index (χ2n) is 5.93. The summed E-state index contributed by atoms with van der Waals surface area (Å²) in [5.41, 5.74) is 7.10. The molecule has 0 radical (unpaired) electrons. The molecule has 0 aromatic heterocycles. The van der Waals surface area contributed by atoms with Crippen LogP contribution in [0.4, 0.5) is 5.69 Å². The molecular weight excluding hydrogens is 308 g/mol. The number of imide groups is 1. The van der Waals surface area contributed by atoms with Gasteiger partial charge in [-0.05, 0) is 29.2 Å². The van der Waals surface area contributed by atoms with E-state index in [1.165, 1.54) is 4.90 Å². The fourth-order valence-electron chi connectivity index (χ4n) is 3.11. The zero-order valence-corrected chi connectivity index (χ0v) is 12.4. The number of piperidine rings is 1. The van der Waals surface area contributed by atoms with Gasteiger partial charge in [-0.15, -0.1) is 0 Å². The summed E-state index contributed by atoms with van der Waals surface area (Å²) >= 11 is 3.36. The molecule has 5 heteroatoms. The van der Waals surface area contributed by atoms with E-state index < -0.39 is 0 Å². The Morgan fingerprint density at radius 1 is 1.21 bits per heavy atom. The van der Waals surface area contributed by atoms with Crippen molar-refractivity contribution in [3.63, 3.8) is 0 Å². The number of fused-ring (bicyclic) bond motifs is 1. The van der Waals surface area contributed by atoms with Gasteiger partial charge in [-0.25, -0.2) is 0 Å². The van der Waals surface area contributed by atoms with E-state index in [0.29, 0.717) is 12.2 Å². The van der Waals surface area contributed by atoms with Crippen LogP contribution >= 0.6 is 15.9 Å². The van der Waals surface area contributed by atoms with Crippen molar-refractivity contribution >= 4 is 33.4 Å². The Labute approximate surface area is 120 Å². The van der Waals surface area contributed by atoms with Gasteiger partial charge in [-0.2, -0.15) is 0 Å². The van der Waals surface area contributed by atoms with Gasteiger partial charge in [0.15, 0.2) is 0 Å². The predicted molar refractivity (Wildman–Crippen MR) is 74.9 cm³/mol. The molecule has 2 N–H and O–H groups in total. The SMILES string of the molecule is CC1(C)C2C(=O)N(Cc3cc(N)cc(Br)c3)C(=O)C21. The molecule has 4 nitrogen and oxygen atoms in total. The van der Waals surface area contributed by atoms with Crippen molar-refractivity contribution < 1.29 is 9.59 Å².